The molecule has 9 nitrogen and oxygen atoms in total. The van der Waals surface area contributed by atoms with Crippen LogP contribution in [0.15, 0.2) is 24.5 Å². The van der Waals surface area contributed by atoms with Crippen LogP contribution in [-0.4, -0.2) is 43.0 Å². The summed E-state index contributed by atoms with van der Waals surface area (Å²) in [5, 5.41) is 16.3. The van der Waals surface area contributed by atoms with Crippen molar-refractivity contribution in [2.24, 2.45) is 0 Å². The summed E-state index contributed by atoms with van der Waals surface area (Å²) in [6, 6.07) is 2.73. The molecule has 12 heteroatoms. The van der Waals surface area contributed by atoms with Crippen LogP contribution >= 0.6 is 0 Å². The van der Waals surface area contributed by atoms with Gasteiger partial charge in [0.15, 0.2) is 17.3 Å². The smallest absolute Gasteiger partial charge is 0.435 e. The third-order valence-corrected chi connectivity index (χ3v) is 5.03. The number of amides is 1. The van der Waals surface area contributed by atoms with E-state index in [9.17, 15) is 18.0 Å². The first-order valence-corrected chi connectivity index (χ1v) is 9.90. The molecular weight excluding hydrogens is 415 g/mol. The second-order valence-electron chi connectivity index (χ2n) is 7.80. The van der Waals surface area contributed by atoms with Crippen LogP contribution in [0.1, 0.15) is 50.4 Å². The van der Waals surface area contributed by atoms with Crippen LogP contribution in [0, 0.1) is 0 Å². The van der Waals surface area contributed by atoms with E-state index in [2.05, 4.69) is 30.9 Å². The number of anilines is 2. The van der Waals surface area contributed by atoms with E-state index in [0.717, 1.165) is 29.1 Å². The van der Waals surface area contributed by atoms with E-state index in [4.69, 9.17) is 4.74 Å². The van der Waals surface area contributed by atoms with Gasteiger partial charge < -0.3 is 15.4 Å². The Morgan fingerprint density at radius 3 is 2.87 bits per heavy atom. The molecule has 3 heterocycles. The number of aromatic nitrogens is 5. The zero-order chi connectivity index (χ0) is 22.2. The van der Waals surface area contributed by atoms with Gasteiger partial charge in [-0.05, 0) is 33.1 Å². The van der Waals surface area contributed by atoms with Crippen molar-refractivity contribution in [2.75, 3.05) is 5.32 Å². The summed E-state index contributed by atoms with van der Waals surface area (Å²) in [4.78, 5) is 15.9. The quantitative estimate of drug-likeness (QED) is 0.557. The van der Waals surface area contributed by atoms with E-state index in [1.165, 1.54) is 12.4 Å². The van der Waals surface area contributed by atoms with Crippen LogP contribution in [0.2, 0.25) is 0 Å². The average Bonchev–Trinajstić information content (AvgIpc) is 3.39. The van der Waals surface area contributed by atoms with E-state index in [1.54, 1.807) is 6.07 Å². The molecule has 31 heavy (non-hydrogen) atoms. The number of fused-ring (bicyclic) bond motifs is 1. The number of carbonyl (C=O) groups excluding carboxylic acids is 1. The monoisotopic (exact) mass is 437 g/mol. The number of aromatic amines is 1. The Balaban J connectivity index is 1.43. The van der Waals surface area contributed by atoms with Gasteiger partial charge in [-0.1, -0.05) is 0 Å². The fraction of sp³-hybridized carbons (Fsp3) is 0.474. The maximum absolute atomic E-state index is 13.0. The Bertz CT molecular complexity index is 1080. The Hall–Kier alpha value is -3.31. The van der Waals surface area contributed by atoms with Crippen LogP contribution < -0.4 is 10.6 Å². The molecule has 0 unspecified atom stereocenters. The summed E-state index contributed by atoms with van der Waals surface area (Å²) in [7, 11) is 0. The van der Waals surface area contributed by atoms with Gasteiger partial charge in [0.05, 0.1) is 0 Å². The predicted octanol–water partition coefficient (Wildman–Crippen LogP) is 3.99. The minimum Gasteiger partial charge on any atom is -0.446 e. The third kappa shape index (κ3) is 4.72. The molecule has 3 N–H and O–H groups in total. The highest BCUT2D eigenvalue weighted by Crippen LogP contribution is 2.36. The van der Waals surface area contributed by atoms with Crippen LogP contribution in [-0.2, 0) is 10.9 Å². The molecule has 3 aromatic rings. The number of nitrogens with zero attached hydrogens (tertiary/aromatic N) is 4. The maximum atomic E-state index is 13.0. The third-order valence-electron chi connectivity index (χ3n) is 5.03. The molecule has 0 bridgehead atoms. The Morgan fingerprint density at radius 1 is 1.32 bits per heavy atom. The van der Waals surface area contributed by atoms with E-state index < -0.39 is 18.0 Å². The van der Waals surface area contributed by atoms with Crippen molar-refractivity contribution < 1.29 is 22.7 Å². The van der Waals surface area contributed by atoms with E-state index >= 15 is 0 Å². The van der Waals surface area contributed by atoms with Gasteiger partial charge in [-0.15, -0.1) is 0 Å². The molecule has 0 aliphatic heterocycles. The fourth-order valence-electron chi connectivity index (χ4n) is 3.64. The predicted molar refractivity (Wildman–Crippen MR) is 105 cm³/mol. The second kappa shape index (κ2) is 8.08. The lowest BCUT2D eigenvalue weighted by molar-refractivity contribution is -0.141. The van der Waals surface area contributed by atoms with Gasteiger partial charge in [-0.25, -0.2) is 14.3 Å². The first-order valence-electron chi connectivity index (χ1n) is 9.90. The Kier molecular flexibility index (Phi) is 5.46. The number of rotatable bonds is 5. The topological polar surface area (TPSA) is 109 Å². The molecule has 1 fully saturated rings. The number of hydrogen-bond donors (Lipinski definition) is 3. The molecule has 0 radical (unpaired) electrons. The number of carbonyl (C=O) groups is 1. The normalized spacial score (nSPS) is 19.2. The average molecular weight is 437 g/mol. The van der Waals surface area contributed by atoms with Crippen molar-refractivity contribution in [3.63, 3.8) is 0 Å². The summed E-state index contributed by atoms with van der Waals surface area (Å²) in [6.07, 6.45) is -0.204. The van der Waals surface area contributed by atoms with Crippen molar-refractivity contribution >= 4 is 23.2 Å². The van der Waals surface area contributed by atoms with Crippen LogP contribution in [0.4, 0.5) is 29.6 Å². The van der Waals surface area contributed by atoms with E-state index in [-0.39, 0.29) is 29.4 Å². The van der Waals surface area contributed by atoms with Crippen LogP contribution in [0.3, 0.4) is 0 Å². The fourth-order valence-corrected chi connectivity index (χ4v) is 3.64. The Morgan fingerprint density at radius 2 is 2.13 bits per heavy atom. The summed E-state index contributed by atoms with van der Waals surface area (Å²) in [5.74, 6) is 0.768. The lowest BCUT2D eigenvalue weighted by Gasteiger charge is -2.14. The van der Waals surface area contributed by atoms with Gasteiger partial charge in [0.2, 0.25) is 0 Å². The minimum absolute atomic E-state index is 0.00648. The van der Waals surface area contributed by atoms with Gasteiger partial charge >= 0.3 is 12.3 Å². The Labute approximate surface area is 175 Å². The number of ether oxygens (including phenoxy) is 1. The molecule has 1 amide bonds. The number of nitrogens with one attached hydrogen (secondary N) is 3. The lowest BCUT2D eigenvalue weighted by atomic mass is 10.0. The minimum atomic E-state index is -4.55. The highest BCUT2D eigenvalue weighted by molar-refractivity contribution is 5.72. The molecule has 0 saturated heterocycles. The number of hydrogen-bond acceptors (Lipinski definition) is 6. The standard InChI is InChI=1S/C19H22F3N7O2/c1-10(2)24-18(30)31-12-4-3-11(7-12)13-8-16(27-26-13)25-17-14-9-15(19(20,21)22)28-29(14)6-5-23-17/h5-6,8-12H,3-4,7H2,1-2H3,(H,24,30)(H2,23,25,26,27)/t11-,12+/m1/s1. The number of halogens is 3. The van der Waals surface area contributed by atoms with Gasteiger partial charge in [0.1, 0.15) is 11.6 Å². The van der Waals surface area contributed by atoms with Crippen molar-refractivity contribution in [3.8, 4) is 0 Å². The van der Waals surface area contributed by atoms with Crippen LogP contribution in [0.5, 0.6) is 0 Å². The summed E-state index contributed by atoms with van der Waals surface area (Å²) < 4.78 is 45.5. The van der Waals surface area contributed by atoms with E-state index in [1.807, 2.05) is 13.8 Å². The number of H-pyrrole nitrogens is 1. The van der Waals surface area contributed by atoms with Gasteiger partial charge in [-0.3, -0.25) is 5.10 Å². The maximum Gasteiger partial charge on any atom is 0.435 e. The zero-order valence-corrected chi connectivity index (χ0v) is 16.9. The SMILES string of the molecule is CC(C)NC(=O)O[C@H]1CC[C@@H](c2cc(Nc3nccn4nc(C(F)(F)F)cc34)n[nH]2)C1. The van der Waals surface area contributed by atoms with Gasteiger partial charge in [-0.2, -0.15) is 23.4 Å². The van der Waals surface area contributed by atoms with Crippen molar-refractivity contribution in [1.29, 1.82) is 0 Å². The summed E-state index contributed by atoms with van der Waals surface area (Å²) in [6.45, 7) is 3.72. The van der Waals surface area contributed by atoms with Gasteiger partial charge in [0, 0.05) is 42.2 Å². The lowest BCUT2D eigenvalue weighted by Crippen LogP contribution is -2.33. The molecule has 166 valence electrons. The molecule has 4 rings (SSSR count). The first-order chi connectivity index (χ1) is 14.7. The molecular formula is C19H22F3N7O2. The molecule has 1 aliphatic rings. The first kappa shape index (κ1) is 20.9. The highest BCUT2D eigenvalue weighted by Gasteiger charge is 2.34. The van der Waals surface area contributed by atoms with Crippen LogP contribution in [0.25, 0.3) is 5.52 Å². The number of alkyl halides is 3. The largest absolute Gasteiger partial charge is 0.446 e. The van der Waals surface area contributed by atoms with Crippen molar-refractivity contribution in [2.45, 2.75) is 57.3 Å². The molecule has 0 aromatic carbocycles. The second-order valence-corrected chi connectivity index (χ2v) is 7.80. The summed E-state index contributed by atoms with van der Waals surface area (Å²) >= 11 is 0. The van der Waals surface area contributed by atoms with E-state index in [0.29, 0.717) is 12.2 Å². The molecule has 1 saturated carbocycles. The molecule has 0 spiro atoms. The molecule has 2 atom stereocenters. The number of alkyl carbamates (subject to hydrolysis) is 1. The van der Waals surface area contributed by atoms with Gasteiger partial charge in [0.25, 0.3) is 0 Å². The van der Waals surface area contributed by atoms with Crippen molar-refractivity contribution in [1.82, 2.24) is 30.1 Å². The zero-order valence-electron chi connectivity index (χ0n) is 16.9. The van der Waals surface area contributed by atoms with Crippen molar-refractivity contribution in [3.05, 3.63) is 35.9 Å². The molecule has 1 aliphatic carbocycles. The summed E-state index contributed by atoms with van der Waals surface area (Å²) in [5.41, 5.74) is 0.0453. The highest BCUT2D eigenvalue weighted by atomic mass is 19.4. The molecule has 3 aromatic heterocycles.